The van der Waals surface area contributed by atoms with Crippen molar-refractivity contribution in [2.45, 2.75) is 0 Å². The van der Waals surface area contributed by atoms with Crippen molar-refractivity contribution >= 4 is 17.8 Å². The maximum atomic E-state index is 11.9. The molecular formula is C17H14O4. The number of aliphatic carboxylic acids is 1. The van der Waals surface area contributed by atoms with Gasteiger partial charge < -0.3 is 9.84 Å². The molecule has 0 saturated heterocycles. The van der Waals surface area contributed by atoms with Crippen molar-refractivity contribution in [1.29, 1.82) is 0 Å². The van der Waals surface area contributed by atoms with Gasteiger partial charge in [-0.05, 0) is 23.8 Å². The van der Waals surface area contributed by atoms with Gasteiger partial charge in [0.1, 0.15) is 5.75 Å². The summed E-state index contributed by atoms with van der Waals surface area (Å²) in [6.45, 7) is -0.373. The van der Waals surface area contributed by atoms with Crippen LogP contribution in [0.5, 0.6) is 5.75 Å². The number of rotatable bonds is 6. The summed E-state index contributed by atoms with van der Waals surface area (Å²) in [6, 6.07) is 15.8. The van der Waals surface area contributed by atoms with Gasteiger partial charge >= 0.3 is 5.97 Å². The van der Waals surface area contributed by atoms with Crippen LogP contribution in [0, 0.1) is 0 Å². The standard InChI is InChI=1S/C17H14O4/c18-16(14-4-2-1-3-5-14)11-8-13-6-9-15(10-7-13)21-12-17(19)20/h1-11H,12H2,(H,19,20)/b11-8-. The van der Waals surface area contributed by atoms with E-state index in [4.69, 9.17) is 9.84 Å². The lowest BCUT2D eigenvalue weighted by atomic mass is 10.1. The van der Waals surface area contributed by atoms with Gasteiger partial charge in [-0.15, -0.1) is 0 Å². The number of hydrogen-bond acceptors (Lipinski definition) is 3. The SMILES string of the molecule is O=C(O)COc1ccc(/C=C\C(=O)c2ccccc2)cc1. The van der Waals surface area contributed by atoms with Crippen LogP contribution < -0.4 is 4.74 Å². The minimum Gasteiger partial charge on any atom is -0.482 e. The molecule has 1 N–H and O–H groups in total. The molecule has 106 valence electrons. The van der Waals surface area contributed by atoms with E-state index in [1.807, 2.05) is 18.2 Å². The molecule has 4 heteroatoms. The summed E-state index contributed by atoms with van der Waals surface area (Å²) in [5, 5.41) is 8.51. The Labute approximate surface area is 122 Å². The van der Waals surface area contributed by atoms with Crippen molar-refractivity contribution in [2.24, 2.45) is 0 Å². The molecule has 4 nitrogen and oxygen atoms in total. The van der Waals surface area contributed by atoms with E-state index in [1.54, 1.807) is 42.5 Å². The van der Waals surface area contributed by atoms with Crippen LogP contribution in [-0.2, 0) is 4.79 Å². The zero-order chi connectivity index (χ0) is 15.1. The van der Waals surface area contributed by atoms with Crippen LogP contribution in [0.2, 0.25) is 0 Å². The summed E-state index contributed by atoms with van der Waals surface area (Å²) >= 11 is 0. The molecule has 0 bridgehead atoms. The summed E-state index contributed by atoms with van der Waals surface area (Å²) in [4.78, 5) is 22.3. The number of ether oxygens (including phenoxy) is 1. The second kappa shape index (κ2) is 7.05. The first-order chi connectivity index (χ1) is 10.1. The average molecular weight is 282 g/mol. The fourth-order valence-electron chi connectivity index (χ4n) is 1.69. The molecule has 0 amide bonds. The van der Waals surface area contributed by atoms with Crippen LogP contribution in [0.4, 0.5) is 0 Å². The van der Waals surface area contributed by atoms with Crippen LogP contribution in [-0.4, -0.2) is 23.5 Å². The van der Waals surface area contributed by atoms with Crippen LogP contribution in [0.1, 0.15) is 15.9 Å². The van der Waals surface area contributed by atoms with E-state index in [-0.39, 0.29) is 12.4 Å². The Morgan fingerprint density at radius 2 is 1.67 bits per heavy atom. The Morgan fingerprint density at radius 1 is 1.00 bits per heavy atom. The minimum absolute atomic E-state index is 0.0678. The monoisotopic (exact) mass is 282 g/mol. The van der Waals surface area contributed by atoms with Crippen molar-refractivity contribution in [3.8, 4) is 5.75 Å². The van der Waals surface area contributed by atoms with E-state index in [0.717, 1.165) is 5.56 Å². The highest BCUT2D eigenvalue weighted by molar-refractivity contribution is 6.06. The first-order valence-corrected chi connectivity index (χ1v) is 6.37. The number of hydrogen-bond donors (Lipinski definition) is 1. The van der Waals surface area contributed by atoms with Crippen molar-refractivity contribution in [3.63, 3.8) is 0 Å². The number of carboxylic acid groups (broad SMARTS) is 1. The van der Waals surface area contributed by atoms with Crippen LogP contribution >= 0.6 is 0 Å². The maximum Gasteiger partial charge on any atom is 0.341 e. The maximum absolute atomic E-state index is 11.9. The highest BCUT2D eigenvalue weighted by atomic mass is 16.5. The van der Waals surface area contributed by atoms with Crippen molar-refractivity contribution in [3.05, 3.63) is 71.8 Å². The van der Waals surface area contributed by atoms with Crippen molar-refractivity contribution in [2.75, 3.05) is 6.61 Å². The molecule has 2 aromatic rings. The van der Waals surface area contributed by atoms with E-state index in [0.29, 0.717) is 11.3 Å². The van der Waals surface area contributed by atoms with E-state index < -0.39 is 5.97 Å². The fraction of sp³-hybridized carbons (Fsp3) is 0.0588. The average Bonchev–Trinajstić information content (AvgIpc) is 2.52. The molecule has 0 radical (unpaired) electrons. The number of benzene rings is 2. The third-order valence-corrected chi connectivity index (χ3v) is 2.73. The predicted octanol–water partition coefficient (Wildman–Crippen LogP) is 3.05. The zero-order valence-corrected chi connectivity index (χ0v) is 11.2. The molecule has 0 aliphatic heterocycles. The largest absolute Gasteiger partial charge is 0.482 e. The molecule has 0 unspecified atom stereocenters. The molecule has 2 aromatic carbocycles. The van der Waals surface area contributed by atoms with E-state index in [2.05, 4.69) is 0 Å². The molecule has 21 heavy (non-hydrogen) atoms. The Hall–Kier alpha value is -2.88. The molecule has 0 heterocycles. The Kier molecular flexibility index (Phi) is 4.88. The van der Waals surface area contributed by atoms with Gasteiger partial charge in [-0.25, -0.2) is 4.79 Å². The second-order valence-corrected chi connectivity index (χ2v) is 4.32. The van der Waals surface area contributed by atoms with Gasteiger partial charge in [0.25, 0.3) is 0 Å². The number of carboxylic acids is 1. The Morgan fingerprint density at radius 3 is 2.29 bits per heavy atom. The number of ketones is 1. The molecule has 0 fully saturated rings. The first kappa shape index (κ1) is 14.5. The lowest BCUT2D eigenvalue weighted by Crippen LogP contribution is -2.09. The quantitative estimate of drug-likeness (QED) is 0.653. The topological polar surface area (TPSA) is 63.6 Å². The van der Waals surface area contributed by atoms with Gasteiger partial charge in [0.2, 0.25) is 0 Å². The van der Waals surface area contributed by atoms with Crippen molar-refractivity contribution < 1.29 is 19.4 Å². The third-order valence-electron chi connectivity index (χ3n) is 2.73. The molecule has 0 aromatic heterocycles. The van der Waals surface area contributed by atoms with E-state index in [1.165, 1.54) is 6.08 Å². The highest BCUT2D eigenvalue weighted by Gasteiger charge is 2.00. The summed E-state index contributed by atoms with van der Waals surface area (Å²) in [6.07, 6.45) is 3.21. The normalized spacial score (nSPS) is 10.5. The zero-order valence-electron chi connectivity index (χ0n) is 11.2. The molecule has 2 rings (SSSR count). The predicted molar refractivity (Wildman–Crippen MR) is 79.4 cm³/mol. The van der Waals surface area contributed by atoms with Gasteiger partial charge in [0.05, 0.1) is 0 Å². The van der Waals surface area contributed by atoms with Gasteiger partial charge in [0.15, 0.2) is 12.4 Å². The van der Waals surface area contributed by atoms with Gasteiger partial charge in [-0.3, -0.25) is 4.79 Å². The van der Waals surface area contributed by atoms with Crippen LogP contribution in [0.25, 0.3) is 6.08 Å². The summed E-state index contributed by atoms with van der Waals surface area (Å²) < 4.78 is 5.03. The fourth-order valence-corrected chi connectivity index (χ4v) is 1.69. The van der Waals surface area contributed by atoms with Gasteiger partial charge in [0, 0.05) is 5.56 Å². The molecule has 0 aliphatic rings. The lowest BCUT2D eigenvalue weighted by molar-refractivity contribution is -0.139. The first-order valence-electron chi connectivity index (χ1n) is 6.37. The molecule has 0 saturated carbocycles. The van der Waals surface area contributed by atoms with Gasteiger partial charge in [-0.2, -0.15) is 0 Å². The van der Waals surface area contributed by atoms with Crippen LogP contribution in [0.3, 0.4) is 0 Å². The van der Waals surface area contributed by atoms with E-state index >= 15 is 0 Å². The number of carbonyl (C=O) groups is 2. The Bertz CT molecular complexity index is 642. The number of allylic oxidation sites excluding steroid dienone is 1. The molecule has 0 spiro atoms. The summed E-state index contributed by atoms with van der Waals surface area (Å²) in [7, 11) is 0. The second-order valence-electron chi connectivity index (χ2n) is 4.32. The summed E-state index contributed by atoms with van der Waals surface area (Å²) in [5.41, 5.74) is 1.47. The third kappa shape index (κ3) is 4.62. The lowest BCUT2D eigenvalue weighted by Gasteiger charge is -2.02. The molecule has 0 atom stereocenters. The highest BCUT2D eigenvalue weighted by Crippen LogP contribution is 2.13. The smallest absolute Gasteiger partial charge is 0.341 e. The Balaban J connectivity index is 1.98. The molecule has 0 aliphatic carbocycles. The minimum atomic E-state index is -1.02. The number of carbonyl (C=O) groups excluding carboxylic acids is 1. The van der Waals surface area contributed by atoms with Crippen molar-refractivity contribution in [1.82, 2.24) is 0 Å². The van der Waals surface area contributed by atoms with E-state index in [9.17, 15) is 9.59 Å². The van der Waals surface area contributed by atoms with Crippen LogP contribution in [0.15, 0.2) is 60.7 Å². The van der Waals surface area contributed by atoms with Gasteiger partial charge in [-0.1, -0.05) is 48.5 Å². The summed E-state index contributed by atoms with van der Waals surface area (Å²) in [5.74, 6) is -0.613. The molecular weight excluding hydrogens is 268 g/mol.